The van der Waals surface area contributed by atoms with E-state index in [-0.39, 0.29) is 17.9 Å². The third kappa shape index (κ3) is 1.69. The molecule has 0 fully saturated rings. The monoisotopic (exact) mass is 216 g/mol. The Morgan fingerprint density at radius 2 is 1.88 bits per heavy atom. The van der Waals surface area contributed by atoms with Crippen LogP contribution >= 0.6 is 0 Å². The van der Waals surface area contributed by atoms with E-state index < -0.39 is 0 Å². The summed E-state index contributed by atoms with van der Waals surface area (Å²) >= 11 is 0. The number of benzene rings is 1. The smallest absolute Gasteiger partial charge is 0.267 e. The van der Waals surface area contributed by atoms with Crippen LogP contribution < -0.4 is 11.1 Å². The Bertz CT molecular complexity index is 435. The lowest BCUT2D eigenvalue weighted by molar-refractivity contribution is -0.117. The van der Waals surface area contributed by atoms with Gasteiger partial charge in [-0.2, -0.15) is 0 Å². The second-order valence-corrected chi connectivity index (χ2v) is 4.34. The molecule has 1 aliphatic heterocycles. The summed E-state index contributed by atoms with van der Waals surface area (Å²) in [6.45, 7) is 4.11. The molecule has 0 spiro atoms. The molecule has 2 rings (SSSR count). The molecule has 3 nitrogen and oxygen atoms in total. The zero-order valence-corrected chi connectivity index (χ0v) is 9.53. The van der Waals surface area contributed by atoms with Crippen molar-refractivity contribution in [2.45, 2.75) is 19.9 Å². The Balaban J connectivity index is 2.41. The number of hydrogen-bond donors (Lipinski definition) is 2. The van der Waals surface area contributed by atoms with Crippen LogP contribution in [-0.2, 0) is 4.79 Å². The van der Waals surface area contributed by atoms with Gasteiger partial charge in [-0.15, -0.1) is 0 Å². The van der Waals surface area contributed by atoms with Crippen LogP contribution in [0.1, 0.15) is 25.5 Å². The molecule has 16 heavy (non-hydrogen) atoms. The second kappa shape index (κ2) is 4.00. The van der Waals surface area contributed by atoms with E-state index in [0.717, 1.165) is 11.1 Å². The lowest BCUT2D eigenvalue weighted by Gasteiger charge is -2.18. The first-order valence-corrected chi connectivity index (χ1v) is 5.46. The van der Waals surface area contributed by atoms with Crippen molar-refractivity contribution in [2.24, 2.45) is 11.7 Å². The summed E-state index contributed by atoms with van der Waals surface area (Å²) in [4.78, 5) is 11.6. The molecule has 3 heteroatoms. The number of carbonyl (C=O) groups excluding carboxylic acids is 1. The Hall–Kier alpha value is -1.77. The highest BCUT2D eigenvalue weighted by atomic mass is 16.2. The lowest BCUT2D eigenvalue weighted by Crippen LogP contribution is -2.23. The number of rotatable bonds is 2. The van der Waals surface area contributed by atoms with Crippen LogP contribution in [0.3, 0.4) is 0 Å². The summed E-state index contributed by atoms with van der Waals surface area (Å²) in [5.74, 6) is 0.113. The van der Waals surface area contributed by atoms with Gasteiger partial charge in [0, 0.05) is 0 Å². The van der Waals surface area contributed by atoms with Crippen LogP contribution in [0.15, 0.2) is 41.6 Å². The number of nitrogens with two attached hydrogens (primary N) is 1. The molecule has 84 valence electrons. The number of carbonyl (C=O) groups is 1. The van der Waals surface area contributed by atoms with Crippen molar-refractivity contribution in [1.82, 2.24) is 5.32 Å². The van der Waals surface area contributed by atoms with Crippen LogP contribution in [0.2, 0.25) is 0 Å². The normalized spacial score (nSPS) is 20.4. The van der Waals surface area contributed by atoms with Crippen LogP contribution in [0.5, 0.6) is 0 Å². The SMILES string of the molecule is CC(C)C1=C(N)C(=O)NC1c1ccccc1. The number of hydrogen-bond acceptors (Lipinski definition) is 2. The van der Waals surface area contributed by atoms with E-state index in [1.54, 1.807) is 0 Å². The van der Waals surface area contributed by atoms with Crippen LogP contribution in [0.4, 0.5) is 0 Å². The summed E-state index contributed by atoms with van der Waals surface area (Å²) in [5.41, 5.74) is 8.28. The zero-order chi connectivity index (χ0) is 11.7. The maximum absolute atomic E-state index is 11.6. The highest BCUT2D eigenvalue weighted by molar-refractivity contribution is 5.97. The van der Waals surface area contributed by atoms with Gasteiger partial charge < -0.3 is 11.1 Å². The average molecular weight is 216 g/mol. The summed E-state index contributed by atoms with van der Waals surface area (Å²) in [7, 11) is 0. The lowest BCUT2D eigenvalue weighted by atomic mass is 9.92. The van der Waals surface area contributed by atoms with E-state index >= 15 is 0 Å². The van der Waals surface area contributed by atoms with Gasteiger partial charge in [0.05, 0.1) is 11.7 Å². The Morgan fingerprint density at radius 1 is 1.25 bits per heavy atom. The number of amides is 1. The fourth-order valence-electron chi connectivity index (χ4n) is 2.13. The van der Waals surface area contributed by atoms with Gasteiger partial charge in [-0.3, -0.25) is 4.79 Å². The molecule has 1 aromatic rings. The Labute approximate surface area is 95.3 Å². The minimum absolute atomic E-state index is 0.0614. The molecule has 0 radical (unpaired) electrons. The van der Waals surface area contributed by atoms with E-state index in [4.69, 9.17) is 5.73 Å². The van der Waals surface area contributed by atoms with Crippen LogP contribution in [-0.4, -0.2) is 5.91 Å². The van der Waals surface area contributed by atoms with Gasteiger partial charge in [-0.25, -0.2) is 0 Å². The molecule has 0 bridgehead atoms. The predicted molar refractivity (Wildman–Crippen MR) is 63.4 cm³/mol. The highest BCUT2D eigenvalue weighted by Gasteiger charge is 2.32. The topological polar surface area (TPSA) is 55.1 Å². The largest absolute Gasteiger partial charge is 0.394 e. The first-order valence-electron chi connectivity index (χ1n) is 5.46. The van der Waals surface area contributed by atoms with E-state index in [1.165, 1.54) is 0 Å². The quantitative estimate of drug-likeness (QED) is 0.791. The van der Waals surface area contributed by atoms with Crippen molar-refractivity contribution >= 4 is 5.91 Å². The molecule has 0 aliphatic carbocycles. The molecule has 0 saturated carbocycles. The Morgan fingerprint density at radius 3 is 2.44 bits per heavy atom. The highest BCUT2D eigenvalue weighted by Crippen LogP contribution is 2.32. The average Bonchev–Trinajstić information content (AvgIpc) is 2.57. The molecule has 1 atom stereocenters. The van der Waals surface area contributed by atoms with Crippen molar-refractivity contribution in [2.75, 3.05) is 0 Å². The van der Waals surface area contributed by atoms with E-state index in [0.29, 0.717) is 5.70 Å². The molecule has 0 saturated heterocycles. The fourth-order valence-corrected chi connectivity index (χ4v) is 2.13. The van der Waals surface area contributed by atoms with Gasteiger partial charge >= 0.3 is 0 Å². The van der Waals surface area contributed by atoms with Gasteiger partial charge in [0.2, 0.25) is 0 Å². The first kappa shape index (κ1) is 10.7. The van der Waals surface area contributed by atoms with Gasteiger partial charge in [-0.1, -0.05) is 44.2 Å². The van der Waals surface area contributed by atoms with Crippen molar-refractivity contribution in [1.29, 1.82) is 0 Å². The standard InChI is InChI=1S/C13H16N2O/c1-8(2)10-11(14)13(16)15-12(10)9-6-4-3-5-7-9/h3-8,12H,14H2,1-2H3,(H,15,16). The molecule has 1 aliphatic rings. The molecule has 1 aromatic carbocycles. The summed E-state index contributed by atoms with van der Waals surface area (Å²) in [6, 6.07) is 9.84. The van der Waals surface area contributed by atoms with Crippen molar-refractivity contribution in [3.05, 3.63) is 47.2 Å². The molecule has 1 heterocycles. The Kier molecular flexibility index (Phi) is 2.69. The van der Waals surface area contributed by atoms with Crippen LogP contribution in [0.25, 0.3) is 0 Å². The third-order valence-corrected chi connectivity index (χ3v) is 2.90. The summed E-state index contributed by atoms with van der Waals surface area (Å²) < 4.78 is 0. The van der Waals surface area contributed by atoms with Crippen LogP contribution in [0, 0.1) is 5.92 Å². The zero-order valence-electron chi connectivity index (χ0n) is 9.53. The maximum atomic E-state index is 11.6. The van der Waals surface area contributed by atoms with Gasteiger partial charge in [0.15, 0.2) is 0 Å². The first-order chi connectivity index (χ1) is 7.61. The minimum atomic E-state index is -0.155. The molecule has 1 unspecified atom stereocenters. The molecular weight excluding hydrogens is 200 g/mol. The van der Waals surface area contributed by atoms with Gasteiger partial charge in [-0.05, 0) is 17.1 Å². The van der Waals surface area contributed by atoms with Crippen molar-refractivity contribution in [3.63, 3.8) is 0 Å². The molecule has 0 aromatic heterocycles. The summed E-state index contributed by atoms with van der Waals surface area (Å²) in [5, 5.41) is 2.91. The van der Waals surface area contributed by atoms with Crippen molar-refractivity contribution < 1.29 is 4.79 Å². The predicted octanol–water partition coefficient (Wildman–Crippen LogP) is 1.73. The van der Waals surface area contributed by atoms with E-state index in [1.807, 2.05) is 30.3 Å². The van der Waals surface area contributed by atoms with Crippen molar-refractivity contribution in [3.8, 4) is 0 Å². The van der Waals surface area contributed by atoms with Gasteiger partial charge in [0.25, 0.3) is 5.91 Å². The van der Waals surface area contributed by atoms with Gasteiger partial charge in [0.1, 0.15) is 0 Å². The molecular formula is C13H16N2O. The minimum Gasteiger partial charge on any atom is -0.394 e. The fraction of sp³-hybridized carbons (Fsp3) is 0.308. The van der Waals surface area contributed by atoms with E-state index in [2.05, 4.69) is 19.2 Å². The molecule has 1 amide bonds. The molecule has 3 N–H and O–H groups in total. The maximum Gasteiger partial charge on any atom is 0.267 e. The van der Waals surface area contributed by atoms with E-state index in [9.17, 15) is 4.79 Å². The number of nitrogens with one attached hydrogen (secondary N) is 1. The summed E-state index contributed by atoms with van der Waals surface area (Å²) in [6.07, 6.45) is 0. The third-order valence-electron chi connectivity index (χ3n) is 2.90. The second-order valence-electron chi connectivity index (χ2n) is 4.34.